The third-order valence-corrected chi connectivity index (χ3v) is 3.48. The van der Waals surface area contributed by atoms with E-state index in [2.05, 4.69) is 52.8 Å². The number of benzene rings is 2. The highest BCUT2D eigenvalue weighted by Crippen LogP contribution is 2.18. The Hall–Kier alpha value is -2.33. The molecule has 0 bridgehead atoms. The molecule has 0 saturated carbocycles. The van der Waals surface area contributed by atoms with Crippen LogP contribution < -0.4 is 11.1 Å². The van der Waals surface area contributed by atoms with Gasteiger partial charge in [0.1, 0.15) is 0 Å². The molecule has 0 aliphatic carbocycles. The standard InChI is InChI=1S/C16H18N4/c1-20-11-19-15-8-14(6-7-16(15)20)18-10-13-4-2-12(9-17)3-5-13/h2-8,11,18H,9-10,17H2,1H3. The van der Waals surface area contributed by atoms with Crippen molar-refractivity contribution in [3.8, 4) is 0 Å². The van der Waals surface area contributed by atoms with Crippen LogP contribution in [0.4, 0.5) is 5.69 Å². The van der Waals surface area contributed by atoms with Crippen LogP contribution in [0.15, 0.2) is 48.8 Å². The summed E-state index contributed by atoms with van der Waals surface area (Å²) in [5, 5.41) is 3.42. The minimum Gasteiger partial charge on any atom is -0.381 e. The summed E-state index contributed by atoms with van der Waals surface area (Å²) in [6, 6.07) is 14.6. The van der Waals surface area contributed by atoms with E-state index < -0.39 is 0 Å². The maximum atomic E-state index is 5.60. The van der Waals surface area contributed by atoms with Gasteiger partial charge in [-0.15, -0.1) is 0 Å². The van der Waals surface area contributed by atoms with E-state index in [1.807, 2.05) is 17.9 Å². The highest BCUT2D eigenvalue weighted by Gasteiger charge is 2.01. The lowest BCUT2D eigenvalue weighted by Gasteiger charge is -2.07. The van der Waals surface area contributed by atoms with Crippen LogP contribution in [0.5, 0.6) is 0 Å². The van der Waals surface area contributed by atoms with E-state index in [9.17, 15) is 0 Å². The van der Waals surface area contributed by atoms with Crippen LogP contribution in [0, 0.1) is 0 Å². The summed E-state index contributed by atoms with van der Waals surface area (Å²) in [7, 11) is 2.00. The lowest BCUT2D eigenvalue weighted by molar-refractivity contribution is 0.947. The molecule has 0 radical (unpaired) electrons. The lowest BCUT2D eigenvalue weighted by atomic mass is 10.1. The van der Waals surface area contributed by atoms with Crippen molar-refractivity contribution in [1.29, 1.82) is 0 Å². The second-order valence-electron chi connectivity index (χ2n) is 4.93. The number of fused-ring (bicyclic) bond motifs is 1. The van der Waals surface area contributed by atoms with Gasteiger partial charge in [0.15, 0.2) is 0 Å². The molecular weight excluding hydrogens is 248 g/mol. The number of anilines is 1. The SMILES string of the molecule is Cn1cnc2cc(NCc3ccc(CN)cc3)ccc21. The fraction of sp³-hybridized carbons (Fsp3) is 0.188. The first-order chi connectivity index (χ1) is 9.76. The fourth-order valence-corrected chi connectivity index (χ4v) is 2.24. The van der Waals surface area contributed by atoms with Gasteiger partial charge in [-0.25, -0.2) is 4.98 Å². The first-order valence-corrected chi connectivity index (χ1v) is 6.69. The first kappa shape index (κ1) is 12.7. The average Bonchev–Trinajstić information content (AvgIpc) is 2.87. The zero-order chi connectivity index (χ0) is 13.9. The Morgan fingerprint density at radius 3 is 2.60 bits per heavy atom. The van der Waals surface area contributed by atoms with Crippen molar-refractivity contribution in [2.24, 2.45) is 12.8 Å². The van der Waals surface area contributed by atoms with Gasteiger partial charge in [0.05, 0.1) is 17.4 Å². The molecule has 4 nitrogen and oxygen atoms in total. The molecule has 1 heterocycles. The Morgan fingerprint density at radius 2 is 1.85 bits per heavy atom. The van der Waals surface area contributed by atoms with E-state index in [0.29, 0.717) is 6.54 Å². The van der Waals surface area contributed by atoms with Crippen molar-refractivity contribution in [2.45, 2.75) is 13.1 Å². The van der Waals surface area contributed by atoms with Crippen molar-refractivity contribution in [1.82, 2.24) is 9.55 Å². The van der Waals surface area contributed by atoms with Crippen molar-refractivity contribution >= 4 is 16.7 Å². The minimum absolute atomic E-state index is 0.587. The number of imidazole rings is 1. The molecule has 20 heavy (non-hydrogen) atoms. The molecule has 3 N–H and O–H groups in total. The Balaban J connectivity index is 1.72. The number of nitrogens with one attached hydrogen (secondary N) is 1. The van der Waals surface area contributed by atoms with E-state index in [4.69, 9.17) is 5.73 Å². The molecular formula is C16H18N4. The summed E-state index contributed by atoms with van der Waals surface area (Å²) in [6.07, 6.45) is 1.83. The smallest absolute Gasteiger partial charge is 0.0955 e. The second kappa shape index (κ2) is 5.35. The predicted octanol–water partition coefficient (Wildman–Crippen LogP) is 2.64. The molecule has 0 amide bonds. The van der Waals surface area contributed by atoms with E-state index in [1.54, 1.807) is 0 Å². The Morgan fingerprint density at radius 1 is 1.10 bits per heavy atom. The quantitative estimate of drug-likeness (QED) is 0.763. The van der Waals surface area contributed by atoms with E-state index >= 15 is 0 Å². The normalized spacial score (nSPS) is 10.9. The van der Waals surface area contributed by atoms with Gasteiger partial charge in [0.25, 0.3) is 0 Å². The van der Waals surface area contributed by atoms with Crippen LogP contribution in [-0.4, -0.2) is 9.55 Å². The number of aryl methyl sites for hydroxylation is 1. The van der Waals surface area contributed by atoms with Crippen LogP contribution in [0.25, 0.3) is 11.0 Å². The average molecular weight is 266 g/mol. The highest BCUT2D eigenvalue weighted by molar-refractivity contribution is 5.79. The number of nitrogens with zero attached hydrogens (tertiary/aromatic N) is 2. The zero-order valence-corrected chi connectivity index (χ0v) is 11.5. The van der Waals surface area contributed by atoms with Crippen molar-refractivity contribution in [2.75, 3.05) is 5.32 Å². The molecule has 0 aliphatic rings. The molecule has 0 atom stereocenters. The third-order valence-electron chi connectivity index (χ3n) is 3.48. The van der Waals surface area contributed by atoms with Gasteiger partial charge < -0.3 is 15.6 Å². The van der Waals surface area contributed by atoms with Gasteiger partial charge in [-0.3, -0.25) is 0 Å². The highest BCUT2D eigenvalue weighted by atomic mass is 15.0. The van der Waals surface area contributed by atoms with Gasteiger partial charge in [-0.1, -0.05) is 24.3 Å². The second-order valence-corrected chi connectivity index (χ2v) is 4.93. The lowest BCUT2D eigenvalue weighted by Crippen LogP contribution is -2.01. The maximum Gasteiger partial charge on any atom is 0.0955 e. The van der Waals surface area contributed by atoms with E-state index in [1.165, 1.54) is 5.56 Å². The molecule has 0 aliphatic heterocycles. The third kappa shape index (κ3) is 2.51. The van der Waals surface area contributed by atoms with Crippen LogP contribution in [0.2, 0.25) is 0 Å². The van der Waals surface area contributed by atoms with Gasteiger partial charge in [0.2, 0.25) is 0 Å². The molecule has 2 aromatic carbocycles. The number of hydrogen-bond donors (Lipinski definition) is 2. The Bertz CT molecular complexity index is 713. The molecule has 0 unspecified atom stereocenters. The van der Waals surface area contributed by atoms with Crippen molar-refractivity contribution in [3.05, 3.63) is 59.9 Å². The maximum absolute atomic E-state index is 5.60. The number of nitrogens with two attached hydrogens (primary N) is 1. The molecule has 3 aromatic rings. The Labute approximate surface area is 118 Å². The summed E-state index contributed by atoms with van der Waals surface area (Å²) in [5.41, 5.74) is 11.2. The van der Waals surface area contributed by atoms with E-state index in [-0.39, 0.29) is 0 Å². The van der Waals surface area contributed by atoms with E-state index in [0.717, 1.165) is 28.8 Å². The molecule has 1 aromatic heterocycles. The van der Waals surface area contributed by atoms with Gasteiger partial charge in [0, 0.05) is 25.8 Å². The summed E-state index contributed by atoms with van der Waals surface area (Å²) >= 11 is 0. The number of aromatic nitrogens is 2. The van der Waals surface area contributed by atoms with Crippen LogP contribution in [0.1, 0.15) is 11.1 Å². The van der Waals surface area contributed by atoms with Crippen LogP contribution >= 0.6 is 0 Å². The topological polar surface area (TPSA) is 55.9 Å². The fourth-order valence-electron chi connectivity index (χ4n) is 2.24. The molecule has 0 saturated heterocycles. The van der Waals surface area contributed by atoms with Crippen LogP contribution in [0.3, 0.4) is 0 Å². The van der Waals surface area contributed by atoms with Crippen LogP contribution in [-0.2, 0) is 20.1 Å². The molecule has 3 rings (SSSR count). The summed E-state index contributed by atoms with van der Waals surface area (Å²) < 4.78 is 2.02. The molecule has 102 valence electrons. The Kier molecular flexibility index (Phi) is 3.39. The summed E-state index contributed by atoms with van der Waals surface area (Å²) in [5.74, 6) is 0. The predicted molar refractivity (Wildman–Crippen MR) is 82.4 cm³/mol. The first-order valence-electron chi connectivity index (χ1n) is 6.69. The number of rotatable bonds is 4. The zero-order valence-electron chi connectivity index (χ0n) is 11.5. The minimum atomic E-state index is 0.587. The van der Waals surface area contributed by atoms with Crippen molar-refractivity contribution < 1.29 is 0 Å². The van der Waals surface area contributed by atoms with Gasteiger partial charge in [-0.2, -0.15) is 0 Å². The monoisotopic (exact) mass is 266 g/mol. The molecule has 4 heteroatoms. The molecule has 0 spiro atoms. The summed E-state index contributed by atoms with van der Waals surface area (Å²) in [6.45, 7) is 1.38. The van der Waals surface area contributed by atoms with Crippen molar-refractivity contribution in [3.63, 3.8) is 0 Å². The van der Waals surface area contributed by atoms with Gasteiger partial charge >= 0.3 is 0 Å². The largest absolute Gasteiger partial charge is 0.381 e. The van der Waals surface area contributed by atoms with Gasteiger partial charge in [-0.05, 0) is 29.3 Å². The summed E-state index contributed by atoms with van der Waals surface area (Å²) in [4.78, 5) is 4.37. The number of hydrogen-bond acceptors (Lipinski definition) is 3. The molecule has 0 fully saturated rings.